The summed E-state index contributed by atoms with van der Waals surface area (Å²) in [5.74, 6) is 0. The lowest BCUT2D eigenvalue weighted by Gasteiger charge is -2.15. The van der Waals surface area contributed by atoms with Gasteiger partial charge in [-0.05, 0) is 43.2 Å². The van der Waals surface area contributed by atoms with Gasteiger partial charge >= 0.3 is 0 Å². The zero-order valence-electron chi connectivity index (χ0n) is 10.9. The third-order valence-electron chi connectivity index (χ3n) is 2.88. The van der Waals surface area contributed by atoms with Crippen LogP contribution in [0.4, 0.5) is 5.69 Å². The Labute approximate surface area is 127 Å². The minimum absolute atomic E-state index is 0.398. The molecule has 0 amide bonds. The van der Waals surface area contributed by atoms with E-state index in [4.69, 9.17) is 23.2 Å². The molecule has 104 valence electrons. The molecule has 1 aromatic heterocycles. The normalized spacial score (nSPS) is 10.3. The number of pyridine rings is 1. The van der Waals surface area contributed by atoms with Crippen molar-refractivity contribution in [2.24, 2.45) is 5.29 Å². The number of hydrogen-bond acceptors (Lipinski definition) is 3. The van der Waals surface area contributed by atoms with Crippen LogP contribution in [0.15, 0.2) is 41.8 Å². The number of anilines is 1. The van der Waals surface area contributed by atoms with Crippen LogP contribution in [0.25, 0.3) is 0 Å². The van der Waals surface area contributed by atoms with E-state index in [1.807, 2.05) is 19.1 Å². The van der Waals surface area contributed by atoms with Gasteiger partial charge < -0.3 is 0 Å². The predicted octanol–water partition coefficient (Wildman–Crippen LogP) is 4.43. The van der Waals surface area contributed by atoms with Gasteiger partial charge in [0, 0.05) is 18.4 Å². The van der Waals surface area contributed by atoms with Gasteiger partial charge in [-0.2, -0.15) is 0 Å². The van der Waals surface area contributed by atoms with Gasteiger partial charge in [0.2, 0.25) is 0 Å². The molecule has 0 saturated carbocycles. The number of nitroso groups, excluding NO2 is 1. The number of nitrogens with zero attached hydrogens (tertiary/aromatic N) is 3. The number of aryl methyl sites for hydroxylation is 1. The second-order valence-electron chi connectivity index (χ2n) is 4.36. The van der Waals surface area contributed by atoms with Gasteiger partial charge in [0.1, 0.15) is 0 Å². The Morgan fingerprint density at radius 1 is 1.20 bits per heavy atom. The second kappa shape index (κ2) is 6.68. The number of rotatable bonds is 5. The molecule has 0 aliphatic heterocycles. The van der Waals surface area contributed by atoms with Crippen LogP contribution in [0, 0.1) is 11.8 Å². The van der Waals surface area contributed by atoms with Crippen LogP contribution < -0.4 is 5.01 Å². The van der Waals surface area contributed by atoms with Crippen LogP contribution in [-0.2, 0) is 6.42 Å². The van der Waals surface area contributed by atoms with Gasteiger partial charge in [-0.15, -0.1) is 4.91 Å². The lowest BCUT2D eigenvalue weighted by molar-refractivity contribution is 0.816. The smallest absolute Gasteiger partial charge is 0.0642 e. The van der Waals surface area contributed by atoms with Crippen molar-refractivity contribution in [2.45, 2.75) is 13.3 Å². The molecule has 2 aromatic rings. The summed E-state index contributed by atoms with van der Waals surface area (Å²) in [5, 5.41) is 5.22. The van der Waals surface area contributed by atoms with Crippen LogP contribution in [0.3, 0.4) is 0 Å². The Morgan fingerprint density at radius 3 is 2.60 bits per heavy atom. The maximum Gasteiger partial charge on any atom is 0.0642 e. The SMILES string of the molecule is Cc1ccc(CCN(N=O)c2ccc(Cl)c(Cl)c2)cn1. The molecular formula is C14H13Cl2N3O. The van der Waals surface area contributed by atoms with Crippen LogP contribution in [0.2, 0.25) is 10.0 Å². The van der Waals surface area contributed by atoms with Crippen molar-refractivity contribution in [1.29, 1.82) is 0 Å². The summed E-state index contributed by atoms with van der Waals surface area (Å²) in [5.41, 5.74) is 2.63. The zero-order chi connectivity index (χ0) is 14.5. The topological polar surface area (TPSA) is 45.6 Å². The summed E-state index contributed by atoms with van der Waals surface area (Å²) in [6.07, 6.45) is 2.46. The molecule has 0 fully saturated rings. The fourth-order valence-corrected chi connectivity index (χ4v) is 2.04. The Kier molecular flexibility index (Phi) is 4.93. The molecule has 1 heterocycles. The largest absolute Gasteiger partial charge is 0.261 e. The molecule has 0 bridgehead atoms. The standard InChI is InChI=1S/C14H13Cl2N3O/c1-10-2-3-11(9-17-10)6-7-19(18-20)12-4-5-13(15)14(16)8-12/h2-5,8-9H,6-7H2,1H3. The molecule has 0 saturated heterocycles. The predicted molar refractivity (Wildman–Crippen MR) is 82.3 cm³/mol. The molecule has 0 aliphatic carbocycles. The lowest BCUT2D eigenvalue weighted by atomic mass is 10.2. The van der Waals surface area contributed by atoms with Crippen molar-refractivity contribution in [2.75, 3.05) is 11.6 Å². The molecule has 20 heavy (non-hydrogen) atoms. The van der Waals surface area contributed by atoms with E-state index in [1.165, 1.54) is 5.01 Å². The van der Waals surface area contributed by atoms with Crippen molar-refractivity contribution in [1.82, 2.24) is 4.98 Å². The van der Waals surface area contributed by atoms with E-state index in [0.29, 0.717) is 28.7 Å². The molecule has 4 nitrogen and oxygen atoms in total. The van der Waals surface area contributed by atoms with E-state index in [0.717, 1.165) is 11.3 Å². The fourth-order valence-electron chi connectivity index (χ4n) is 1.74. The van der Waals surface area contributed by atoms with Crippen molar-refractivity contribution in [3.8, 4) is 0 Å². The second-order valence-corrected chi connectivity index (χ2v) is 5.18. The third-order valence-corrected chi connectivity index (χ3v) is 3.62. The summed E-state index contributed by atoms with van der Waals surface area (Å²) in [6.45, 7) is 2.38. The van der Waals surface area contributed by atoms with Gasteiger partial charge in [-0.3, -0.25) is 4.98 Å². The summed E-state index contributed by atoms with van der Waals surface area (Å²) in [4.78, 5) is 15.2. The summed E-state index contributed by atoms with van der Waals surface area (Å²) >= 11 is 11.8. The molecule has 0 aliphatic rings. The highest BCUT2D eigenvalue weighted by Gasteiger charge is 2.09. The molecule has 0 radical (unpaired) electrons. The highest BCUT2D eigenvalue weighted by Crippen LogP contribution is 2.27. The Hall–Kier alpha value is -1.65. The Morgan fingerprint density at radius 2 is 2.00 bits per heavy atom. The molecule has 6 heteroatoms. The first-order valence-electron chi connectivity index (χ1n) is 6.07. The van der Waals surface area contributed by atoms with E-state index >= 15 is 0 Å². The van der Waals surface area contributed by atoms with Crippen LogP contribution in [-0.4, -0.2) is 11.5 Å². The Balaban J connectivity index is 2.07. The monoisotopic (exact) mass is 309 g/mol. The van der Waals surface area contributed by atoms with E-state index in [2.05, 4.69) is 10.3 Å². The van der Waals surface area contributed by atoms with Gasteiger partial charge in [0.05, 0.1) is 21.0 Å². The van der Waals surface area contributed by atoms with Crippen LogP contribution >= 0.6 is 23.2 Å². The van der Waals surface area contributed by atoms with E-state index in [-0.39, 0.29) is 0 Å². The van der Waals surface area contributed by atoms with E-state index in [9.17, 15) is 4.91 Å². The average molecular weight is 310 g/mol. The highest BCUT2D eigenvalue weighted by molar-refractivity contribution is 6.42. The molecule has 1 aromatic carbocycles. The summed E-state index contributed by atoms with van der Waals surface area (Å²) < 4.78 is 0. The summed E-state index contributed by atoms with van der Waals surface area (Å²) in [6, 6.07) is 8.90. The van der Waals surface area contributed by atoms with Crippen LogP contribution in [0.5, 0.6) is 0 Å². The molecule has 0 spiro atoms. The number of aromatic nitrogens is 1. The first-order chi connectivity index (χ1) is 9.60. The van der Waals surface area contributed by atoms with Gasteiger partial charge in [0.15, 0.2) is 0 Å². The minimum Gasteiger partial charge on any atom is -0.261 e. The average Bonchev–Trinajstić information content (AvgIpc) is 2.45. The maximum absolute atomic E-state index is 11.0. The molecule has 0 N–H and O–H groups in total. The van der Waals surface area contributed by atoms with Crippen molar-refractivity contribution in [3.05, 3.63) is 62.7 Å². The first-order valence-corrected chi connectivity index (χ1v) is 6.83. The molecule has 2 rings (SSSR count). The van der Waals surface area contributed by atoms with Crippen LogP contribution in [0.1, 0.15) is 11.3 Å². The summed E-state index contributed by atoms with van der Waals surface area (Å²) in [7, 11) is 0. The van der Waals surface area contributed by atoms with Crippen molar-refractivity contribution in [3.63, 3.8) is 0 Å². The molecule has 0 atom stereocenters. The highest BCUT2D eigenvalue weighted by atomic mass is 35.5. The number of hydrogen-bond donors (Lipinski definition) is 0. The molecule has 0 unspecified atom stereocenters. The van der Waals surface area contributed by atoms with E-state index < -0.39 is 0 Å². The fraction of sp³-hybridized carbons (Fsp3) is 0.214. The van der Waals surface area contributed by atoms with E-state index in [1.54, 1.807) is 24.4 Å². The minimum atomic E-state index is 0.398. The lowest BCUT2D eigenvalue weighted by Crippen LogP contribution is -2.18. The van der Waals surface area contributed by atoms with Gasteiger partial charge in [-0.1, -0.05) is 29.3 Å². The first kappa shape index (κ1) is 14.8. The molecular weight excluding hydrogens is 297 g/mol. The van der Waals surface area contributed by atoms with Gasteiger partial charge in [0.25, 0.3) is 0 Å². The van der Waals surface area contributed by atoms with Crippen molar-refractivity contribution < 1.29 is 0 Å². The Bertz CT molecular complexity index is 602. The third kappa shape index (κ3) is 3.68. The quantitative estimate of drug-likeness (QED) is 0.606. The zero-order valence-corrected chi connectivity index (χ0v) is 12.4. The maximum atomic E-state index is 11.0. The number of halogens is 2. The van der Waals surface area contributed by atoms with Crippen molar-refractivity contribution >= 4 is 28.9 Å². The van der Waals surface area contributed by atoms with Gasteiger partial charge in [-0.25, -0.2) is 5.01 Å². The number of benzene rings is 1.